The van der Waals surface area contributed by atoms with Crippen LogP contribution >= 0.6 is 0 Å². The van der Waals surface area contributed by atoms with E-state index in [2.05, 4.69) is 26.5 Å². The number of rotatable bonds is 4. The number of amides is 1. The lowest BCUT2D eigenvalue weighted by Crippen LogP contribution is -2.40. The van der Waals surface area contributed by atoms with Crippen molar-refractivity contribution in [2.75, 3.05) is 23.4 Å². The lowest BCUT2D eigenvalue weighted by Gasteiger charge is -2.26. The minimum absolute atomic E-state index is 0.197. The van der Waals surface area contributed by atoms with Gasteiger partial charge < -0.3 is 15.2 Å². The Kier molecular flexibility index (Phi) is 5.75. The summed E-state index contributed by atoms with van der Waals surface area (Å²) >= 11 is 0. The van der Waals surface area contributed by atoms with Crippen molar-refractivity contribution in [2.45, 2.75) is 38.7 Å². The molecule has 2 N–H and O–H groups in total. The van der Waals surface area contributed by atoms with Crippen molar-refractivity contribution >= 4 is 23.5 Å². The van der Waals surface area contributed by atoms with Gasteiger partial charge in [0.25, 0.3) is 0 Å². The molecule has 0 bridgehead atoms. The van der Waals surface area contributed by atoms with Crippen molar-refractivity contribution < 1.29 is 14.6 Å². The summed E-state index contributed by atoms with van der Waals surface area (Å²) in [6.07, 6.45) is 2.86. The second-order valence-corrected chi connectivity index (χ2v) is 9.58. The summed E-state index contributed by atoms with van der Waals surface area (Å²) in [4.78, 5) is 23.2. The van der Waals surface area contributed by atoms with Crippen LogP contribution in [0.4, 0.5) is 22.2 Å². The van der Waals surface area contributed by atoms with Crippen LogP contribution in [-0.2, 0) is 17.2 Å². The molecule has 1 unspecified atom stereocenters. The standard InChI is InChI=1S/C24H27N7O3/c1-23(2,3)34-22(33)31-13-24(4,14-32)17-11-15(10-16(12-25)20(17)31)18-6-8-26-21(27-18)28-19-7-9-30(5)29-19/h6-11,32H,13-14H2,1-5H3,(H,26,27,28,29). The molecule has 34 heavy (non-hydrogen) atoms. The average molecular weight is 462 g/mol. The van der Waals surface area contributed by atoms with Crippen LogP contribution in [0.25, 0.3) is 11.3 Å². The van der Waals surface area contributed by atoms with E-state index in [1.54, 1.807) is 56.0 Å². The minimum Gasteiger partial charge on any atom is -0.443 e. The number of aryl methyl sites for hydroxylation is 1. The highest BCUT2D eigenvalue weighted by atomic mass is 16.6. The summed E-state index contributed by atoms with van der Waals surface area (Å²) in [7, 11) is 1.81. The zero-order chi connectivity index (χ0) is 24.7. The molecular formula is C24H27N7O3. The van der Waals surface area contributed by atoms with Crippen molar-refractivity contribution in [1.29, 1.82) is 5.26 Å². The van der Waals surface area contributed by atoms with Crippen molar-refractivity contribution in [1.82, 2.24) is 19.7 Å². The number of nitriles is 1. The van der Waals surface area contributed by atoms with Gasteiger partial charge in [-0.25, -0.2) is 14.8 Å². The van der Waals surface area contributed by atoms with Crippen molar-refractivity contribution in [3.05, 3.63) is 47.8 Å². The maximum absolute atomic E-state index is 12.9. The maximum Gasteiger partial charge on any atom is 0.414 e. The second kappa shape index (κ2) is 8.43. The average Bonchev–Trinajstić information content (AvgIpc) is 3.33. The number of nitrogens with one attached hydrogen (secondary N) is 1. The van der Waals surface area contributed by atoms with Crippen LogP contribution in [0.15, 0.2) is 36.7 Å². The topological polar surface area (TPSA) is 129 Å². The quantitative estimate of drug-likeness (QED) is 0.604. The van der Waals surface area contributed by atoms with Gasteiger partial charge in [0.15, 0.2) is 5.82 Å². The molecule has 3 heterocycles. The Balaban J connectivity index is 1.77. The van der Waals surface area contributed by atoms with Gasteiger partial charge in [-0.3, -0.25) is 9.58 Å². The SMILES string of the molecule is Cn1ccc(Nc2nccc(-c3cc(C#N)c4c(c3)C(C)(CO)CN4C(=O)OC(C)(C)C)n2)n1. The number of hydrogen-bond donors (Lipinski definition) is 2. The van der Waals surface area contributed by atoms with Crippen LogP contribution in [0.5, 0.6) is 0 Å². The van der Waals surface area contributed by atoms with E-state index in [0.717, 1.165) is 0 Å². The van der Waals surface area contributed by atoms with E-state index in [0.29, 0.717) is 39.8 Å². The van der Waals surface area contributed by atoms with Crippen LogP contribution < -0.4 is 10.2 Å². The Hall–Kier alpha value is -3.97. The largest absolute Gasteiger partial charge is 0.443 e. The third kappa shape index (κ3) is 4.43. The van der Waals surface area contributed by atoms with Crippen LogP contribution in [-0.4, -0.2) is 49.7 Å². The molecule has 1 amide bonds. The molecule has 176 valence electrons. The molecule has 0 radical (unpaired) electrons. The van der Waals surface area contributed by atoms with Gasteiger partial charge in [-0.2, -0.15) is 10.4 Å². The molecule has 1 aliphatic heterocycles. The summed E-state index contributed by atoms with van der Waals surface area (Å²) in [5.74, 6) is 0.961. The number of nitrogens with zero attached hydrogens (tertiary/aromatic N) is 6. The van der Waals surface area contributed by atoms with E-state index in [4.69, 9.17) is 4.74 Å². The number of aliphatic hydroxyl groups excluding tert-OH is 1. The highest BCUT2D eigenvalue weighted by molar-refractivity contribution is 5.95. The van der Waals surface area contributed by atoms with Crippen molar-refractivity contribution in [2.24, 2.45) is 7.05 Å². The van der Waals surface area contributed by atoms with Gasteiger partial charge in [-0.1, -0.05) is 6.92 Å². The molecular weight excluding hydrogens is 434 g/mol. The highest BCUT2D eigenvalue weighted by Gasteiger charge is 2.44. The molecule has 1 aromatic carbocycles. The fourth-order valence-electron chi connectivity index (χ4n) is 3.92. The van der Waals surface area contributed by atoms with Gasteiger partial charge in [-0.15, -0.1) is 0 Å². The van der Waals surface area contributed by atoms with Gasteiger partial charge in [0.1, 0.15) is 11.7 Å². The molecule has 2 aromatic heterocycles. The first kappa shape index (κ1) is 23.2. The first-order chi connectivity index (χ1) is 16.0. The van der Waals surface area contributed by atoms with E-state index in [-0.39, 0.29) is 13.2 Å². The number of ether oxygens (including phenoxy) is 1. The van der Waals surface area contributed by atoms with E-state index in [9.17, 15) is 15.2 Å². The maximum atomic E-state index is 12.9. The predicted molar refractivity (Wildman–Crippen MR) is 127 cm³/mol. The van der Waals surface area contributed by atoms with Crippen LogP contribution in [0.1, 0.15) is 38.8 Å². The first-order valence-corrected chi connectivity index (χ1v) is 10.8. The lowest BCUT2D eigenvalue weighted by molar-refractivity contribution is 0.0575. The fraction of sp³-hybridized carbons (Fsp3) is 0.375. The van der Waals surface area contributed by atoms with Gasteiger partial charge >= 0.3 is 6.09 Å². The van der Waals surface area contributed by atoms with Gasteiger partial charge in [0, 0.05) is 43.0 Å². The number of carbonyl (C=O) groups is 1. The number of benzene rings is 1. The number of carbonyl (C=O) groups excluding carboxylic acids is 1. The minimum atomic E-state index is -0.768. The molecule has 0 fully saturated rings. The Morgan fingerprint density at radius 2 is 2.12 bits per heavy atom. The summed E-state index contributed by atoms with van der Waals surface area (Å²) in [6, 6.07) is 9.29. The third-order valence-corrected chi connectivity index (χ3v) is 5.53. The predicted octanol–water partition coefficient (Wildman–Crippen LogP) is 3.50. The number of anilines is 3. The second-order valence-electron chi connectivity index (χ2n) is 9.58. The van der Waals surface area contributed by atoms with Crippen LogP contribution in [0.2, 0.25) is 0 Å². The molecule has 0 spiro atoms. The molecule has 4 rings (SSSR count). The van der Waals surface area contributed by atoms with Crippen LogP contribution in [0, 0.1) is 11.3 Å². The van der Waals surface area contributed by atoms with Gasteiger partial charge in [0.05, 0.1) is 23.6 Å². The Morgan fingerprint density at radius 3 is 2.74 bits per heavy atom. The summed E-state index contributed by atoms with van der Waals surface area (Å²) in [6.45, 7) is 7.20. The molecule has 0 saturated carbocycles. The molecule has 1 aliphatic rings. The number of fused-ring (bicyclic) bond motifs is 1. The van der Waals surface area contributed by atoms with E-state index in [1.807, 2.05) is 20.0 Å². The Bertz CT molecular complexity index is 1290. The van der Waals surface area contributed by atoms with Crippen molar-refractivity contribution in [3.63, 3.8) is 0 Å². The highest BCUT2D eigenvalue weighted by Crippen LogP contribution is 2.45. The van der Waals surface area contributed by atoms with Crippen molar-refractivity contribution in [3.8, 4) is 17.3 Å². The first-order valence-electron chi connectivity index (χ1n) is 10.8. The molecule has 3 aromatic rings. The normalized spacial score (nSPS) is 17.3. The van der Waals surface area contributed by atoms with E-state index < -0.39 is 17.1 Å². The smallest absolute Gasteiger partial charge is 0.414 e. The molecule has 10 heteroatoms. The van der Waals surface area contributed by atoms with E-state index >= 15 is 0 Å². The van der Waals surface area contributed by atoms with E-state index in [1.165, 1.54) is 4.90 Å². The Morgan fingerprint density at radius 1 is 1.35 bits per heavy atom. The number of aromatic nitrogens is 4. The van der Waals surface area contributed by atoms with Gasteiger partial charge in [-0.05, 0) is 44.5 Å². The van der Waals surface area contributed by atoms with Gasteiger partial charge in [0.2, 0.25) is 5.95 Å². The fourth-order valence-corrected chi connectivity index (χ4v) is 3.92. The third-order valence-electron chi connectivity index (χ3n) is 5.53. The lowest BCUT2D eigenvalue weighted by atomic mass is 9.83. The zero-order valence-corrected chi connectivity index (χ0v) is 19.8. The Labute approximate surface area is 197 Å². The molecule has 0 saturated heterocycles. The summed E-state index contributed by atoms with van der Waals surface area (Å²) in [5, 5.41) is 27.5. The zero-order valence-electron chi connectivity index (χ0n) is 19.8. The molecule has 0 aliphatic carbocycles. The number of aliphatic hydroxyl groups is 1. The van der Waals surface area contributed by atoms with Crippen LogP contribution in [0.3, 0.4) is 0 Å². The number of hydrogen-bond acceptors (Lipinski definition) is 8. The summed E-state index contributed by atoms with van der Waals surface area (Å²) < 4.78 is 7.23. The monoisotopic (exact) mass is 461 g/mol. The summed E-state index contributed by atoms with van der Waals surface area (Å²) in [5.41, 5.74) is 1.24. The molecule has 1 atom stereocenters. The molecule has 10 nitrogen and oxygen atoms in total.